The number of nitrogen functional groups attached to an aromatic ring is 1. The van der Waals surface area contributed by atoms with Crippen LogP contribution in [0.25, 0.3) is 10.2 Å². The van der Waals surface area contributed by atoms with Crippen molar-refractivity contribution in [1.29, 1.82) is 0 Å². The molecule has 1 aromatic heterocycles. The van der Waals surface area contributed by atoms with E-state index in [0.717, 1.165) is 27.3 Å². The number of aromatic nitrogens is 1. The van der Waals surface area contributed by atoms with Crippen molar-refractivity contribution < 1.29 is 15.0 Å². The van der Waals surface area contributed by atoms with Gasteiger partial charge in [0.15, 0.2) is 0 Å². The maximum Gasteiger partial charge on any atom is 0.404 e. The Morgan fingerprint density at radius 2 is 2.35 bits per heavy atom. The first-order valence-corrected chi connectivity index (χ1v) is 8.40. The van der Waals surface area contributed by atoms with E-state index in [9.17, 15) is 9.90 Å². The summed E-state index contributed by atoms with van der Waals surface area (Å²) in [7, 11) is 0. The van der Waals surface area contributed by atoms with E-state index in [1.165, 1.54) is 0 Å². The summed E-state index contributed by atoms with van der Waals surface area (Å²) in [6, 6.07) is 3.40. The average molecular weight is 336 g/mol. The number of amides is 1. The number of rotatable bonds is 4. The third-order valence-corrected chi connectivity index (χ3v) is 5.32. The molecule has 0 bridgehead atoms. The van der Waals surface area contributed by atoms with E-state index in [0.29, 0.717) is 18.7 Å². The lowest BCUT2D eigenvalue weighted by Gasteiger charge is -2.26. The molecular formula is C15H20N4O3S. The molecule has 0 saturated carbocycles. The highest BCUT2D eigenvalue weighted by atomic mass is 32.1. The van der Waals surface area contributed by atoms with Crippen LogP contribution in [0.3, 0.4) is 0 Å². The third kappa shape index (κ3) is 2.91. The van der Waals surface area contributed by atoms with Crippen LogP contribution in [0.4, 0.5) is 16.2 Å². The number of hydrogen-bond donors (Lipinski definition) is 4. The summed E-state index contributed by atoms with van der Waals surface area (Å²) in [5, 5.41) is 22.1. The minimum absolute atomic E-state index is 0.0571. The zero-order chi connectivity index (χ0) is 16.6. The summed E-state index contributed by atoms with van der Waals surface area (Å²) in [6.07, 6.45) is 0.344. The van der Waals surface area contributed by atoms with Crippen molar-refractivity contribution in [2.45, 2.75) is 31.8 Å². The van der Waals surface area contributed by atoms with Gasteiger partial charge in [-0.25, -0.2) is 9.78 Å². The van der Waals surface area contributed by atoms with E-state index < -0.39 is 6.09 Å². The van der Waals surface area contributed by atoms with Gasteiger partial charge in [-0.1, -0.05) is 6.92 Å². The largest absolute Gasteiger partial charge is 0.465 e. The molecule has 5 N–H and O–H groups in total. The predicted octanol–water partition coefficient (Wildman–Crippen LogP) is 1.65. The molecule has 1 aromatic carbocycles. The van der Waals surface area contributed by atoms with Crippen molar-refractivity contribution in [3.05, 3.63) is 17.1 Å². The maximum atomic E-state index is 10.9. The number of nitrogens with zero attached hydrogens (tertiary/aromatic N) is 2. The molecule has 0 spiro atoms. The fraction of sp³-hybridized carbons (Fsp3) is 0.467. The Morgan fingerprint density at radius 3 is 3.00 bits per heavy atom. The number of aliphatic hydroxyl groups excluding tert-OH is 1. The Hall–Kier alpha value is -2.06. The normalized spacial score (nSPS) is 21.0. The minimum Gasteiger partial charge on any atom is -0.465 e. The Kier molecular flexibility index (Phi) is 4.27. The maximum absolute atomic E-state index is 10.9. The highest BCUT2D eigenvalue weighted by Gasteiger charge is 2.35. The fourth-order valence-electron chi connectivity index (χ4n) is 3.14. The van der Waals surface area contributed by atoms with Crippen molar-refractivity contribution in [2.75, 3.05) is 23.8 Å². The number of carbonyl (C=O) groups is 1. The Labute approximate surface area is 137 Å². The van der Waals surface area contributed by atoms with Crippen molar-refractivity contribution >= 4 is 39.0 Å². The van der Waals surface area contributed by atoms with Gasteiger partial charge in [-0.15, -0.1) is 11.3 Å². The lowest BCUT2D eigenvalue weighted by Crippen LogP contribution is -2.36. The second kappa shape index (κ2) is 6.21. The molecule has 0 aliphatic carbocycles. The molecule has 23 heavy (non-hydrogen) atoms. The molecule has 2 aromatic rings. The number of thiazole rings is 1. The lowest BCUT2D eigenvalue weighted by atomic mass is 10.1. The Bertz CT molecular complexity index is 733. The van der Waals surface area contributed by atoms with Crippen LogP contribution in [0.5, 0.6) is 0 Å². The van der Waals surface area contributed by atoms with Gasteiger partial charge in [0.2, 0.25) is 0 Å². The van der Waals surface area contributed by atoms with Crippen LogP contribution in [-0.4, -0.2) is 46.5 Å². The molecule has 1 fully saturated rings. The second-order valence-corrected chi connectivity index (χ2v) is 6.80. The molecule has 0 unspecified atom stereocenters. The predicted molar refractivity (Wildman–Crippen MR) is 91.2 cm³/mol. The summed E-state index contributed by atoms with van der Waals surface area (Å²) in [5.41, 5.74) is 8.42. The van der Waals surface area contributed by atoms with Gasteiger partial charge in [0, 0.05) is 6.54 Å². The first-order chi connectivity index (χ1) is 11.0. The summed E-state index contributed by atoms with van der Waals surface area (Å²) >= 11 is 1.63. The van der Waals surface area contributed by atoms with Crippen LogP contribution in [0.2, 0.25) is 0 Å². The van der Waals surface area contributed by atoms with Gasteiger partial charge in [-0.2, -0.15) is 0 Å². The number of aliphatic hydroxyl groups is 1. The van der Waals surface area contributed by atoms with Gasteiger partial charge in [-0.05, 0) is 25.0 Å². The van der Waals surface area contributed by atoms with E-state index in [4.69, 9.17) is 10.8 Å². The van der Waals surface area contributed by atoms with Crippen LogP contribution >= 0.6 is 11.3 Å². The van der Waals surface area contributed by atoms with Gasteiger partial charge >= 0.3 is 6.09 Å². The number of fused-ring (bicyclic) bond motifs is 1. The molecular weight excluding hydrogens is 316 g/mol. The summed E-state index contributed by atoms with van der Waals surface area (Å²) in [4.78, 5) is 17.5. The van der Waals surface area contributed by atoms with Gasteiger partial charge in [0.1, 0.15) is 5.52 Å². The number of nitrogens with one attached hydrogen (secondary N) is 1. The van der Waals surface area contributed by atoms with Crippen molar-refractivity contribution in [1.82, 2.24) is 10.3 Å². The van der Waals surface area contributed by atoms with Gasteiger partial charge in [0.05, 0.1) is 39.8 Å². The Morgan fingerprint density at radius 1 is 1.57 bits per heavy atom. The zero-order valence-electron chi connectivity index (χ0n) is 12.8. The minimum atomic E-state index is -1.05. The summed E-state index contributed by atoms with van der Waals surface area (Å²) < 4.78 is 1.05. The molecule has 1 aliphatic heterocycles. The van der Waals surface area contributed by atoms with E-state index in [1.54, 1.807) is 11.3 Å². The first-order valence-electron chi connectivity index (χ1n) is 7.58. The van der Waals surface area contributed by atoms with Crippen LogP contribution in [0.1, 0.15) is 18.4 Å². The number of nitrogens with two attached hydrogens (primary N) is 1. The molecule has 8 heteroatoms. The van der Waals surface area contributed by atoms with Crippen LogP contribution in [0.15, 0.2) is 12.1 Å². The van der Waals surface area contributed by atoms with E-state index in [2.05, 4.69) is 17.2 Å². The number of aryl methyl sites for hydroxylation is 1. The number of hydrogen-bond acceptors (Lipinski definition) is 6. The van der Waals surface area contributed by atoms with Crippen molar-refractivity contribution in [2.24, 2.45) is 0 Å². The second-order valence-electron chi connectivity index (χ2n) is 5.68. The van der Waals surface area contributed by atoms with E-state index >= 15 is 0 Å². The van der Waals surface area contributed by atoms with Crippen LogP contribution in [-0.2, 0) is 6.42 Å². The smallest absolute Gasteiger partial charge is 0.404 e. The fourth-order valence-corrected chi connectivity index (χ4v) is 4.05. The molecule has 7 nitrogen and oxygen atoms in total. The third-order valence-electron chi connectivity index (χ3n) is 4.15. The zero-order valence-corrected chi connectivity index (χ0v) is 13.6. The summed E-state index contributed by atoms with van der Waals surface area (Å²) in [6.45, 7) is 2.47. The molecule has 2 atom stereocenters. The quantitative estimate of drug-likeness (QED) is 0.632. The van der Waals surface area contributed by atoms with Gasteiger partial charge in [-0.3, -0.25) is 0 Å². The van der Waals surface area contributed by atoms with Crippen molar-refractivity contribution in [3.8, 4) is 0 Å². The van der Waals surface area contributed by atoms with Gasteiger partial charge in [0.25, 0.3) is 0 Å². The molecule has 0 radical (unpaired) electrons. The van der Waals surface area contributed by atoms with Crippen LogP contribution < -0.4 is 16.0 Å². The van der Waals surface area contributed by atoms with Gasteiger partial charge < -0.3 is 26.2 Å². The number of benzene rings is 1. The van der Waals surface area contributed by atoms with E-state index in [-0.39, 0.29) is 18.7 Å². The first kappa shape index (κ1) is 15.8. The molecule has 1 saturated heterocycles. The van der Waals surface area contributed by atoms with E-state index in [1.807, 2.05) is 17.0 Å². The monoisotopic (exact) mass is 336 g/mol. The molecule has 124 valence electrons. The highest BCUT2D eigenvalue weighted by molar-refractivity contribution is 7.18. The van der Waals surface area contributed by atoms with Crippen LogP contribution in [0, 0.1) is 0 Å². The molecule has 2 heterocycles. The molecule has 1 amide bonds. The summed E-state index contributed by atoms with van der Waals surface area (Å²) in [5.74, 6) is 0. The number of carboxylic acid groups (broad SMARTS) is 1. The highest BCUT2D eigenvalue weighted by Crippen LogP contribution is 2.38. The standard InChI is InChI=1S/C15H20N4O3S/c1-2-12-18-13-11(23-12)4-3-10(16)14(13)19-6-8(17-15(21)22)5-9(19)7-20/h3-4,8-9,17,20H,2,5-7,16H2,1H3,(H,21,22)/t8-,9-/m0/s1. The Balaban J connectivity index is 2.02. The topological polar surface area (TPSA) is 112 Å². The SMILES string of the molecule is CCc1nc2c(N3C[C@@H](NC(=O)O)C[C@H]3CO)c(N)ccc2s1. The molecule has 3 rings (SSSR count). The lowest BCUT2D eigenvalue weighted by molar-refractivity contribution is 0.190. The molecule has 1 aliphatic rings. The van der Waals surface area contributed by atoms with Crippen molar-refractivity contribution in [3.63, 3.8) is 0 Å². The average Bonchev–Trinajstić information content (AvgIpc) is 3.09. The number of anilines is 2.